The van der Waals surface area contributed by atoms with Crippen LogP contribution in [0.2, 0.25) is 0 Å². The number of rotatable bonds is 2. The first kappa shape index (κ1) is 27.4. The van der Waals surface area contributed by atoms with Crippen LogP contribution < -0.4 is 0 Å². The molecule has 3 aliphatic rings. The molecule has 2 saturated carbocycles. The van der Waals surface area contributed by atoms with E-state index in [-0.39, 0.29) is 27.5 Å². The number of aliphatic hydroxyl groups is 1. The number of carbonyl (C=O) groups excluding carboxylic acids is 1. The molecule has 8 atom stereocenters. The van der Waals surface area contributed by atoms with E-state index in [0.717, 1.165) is 24.8 Å². The van der Waals surface area contributed by atoms with Crippen LogP contribution in [-0.4, -0.2) is 49.7 Å². The minimum absolute atomic E-state index is 0.00104. The van der Waals surface area contributed by atoms with E-state index in [1.165, 1.54) is 0 Å². The van der Waals surface area contributed by atoms with Crippen molar-refractivity contribution in [2.75, 3.05) is 7.11 Å². The second kappa shape index (κ2) is 9.28. The fraction of sp³-hybridized carbons (Fsp3) is 0.750. The number of alkyl halides is 2. The number of ether oxygens (including phenoxy) is 2. The van der Waals surface area contributed by atoms with Gasteiger partial charge < -0.3 is 19.7 Å². The number of fused-ring (bicyclic) bond motifs is 5. The number of phenols is 1. The van der Waals surface area contributed by atoms with Gasteiger partial charge in [-0.25, -0.2) is 4.79 Å². The fourth-order valence-electron chi connectivity index (χ4n) is 6.98. The Morgan fingerprint density at radius 1 is 1.14 bits per heavy atom. The maximum absolute atomic E-state index is 13.2. The molecule has 35 heavy (non-hydrogen) atoms. The zero-order chi connectivity index (χ0) is 26.0. The first-order valence-electron chi connectivity index (χ1n) is 12.8. The molecule has 1 aromatic carbocycles. The molecule has 4 rings (SSSR count). The van der Waals surface area contributed by atoms with Gasteiger partial charge in [0.05, 0.1) is 21.1 Å². The van der Waals surface area contributed by atoms with Crippen molar-refractivity contribution in [3.63, 3.8) is 0 Å². The third-order valence-electron chi connectivity index (χ3n) is 9.58. The van der Waals surface area contributed by atoms with Crippen molar-refractivity contribution in [3.8, 4) is 5.75 Å². The molecule has 2 aliphatic carbocycles. The van der Waals surface area contributed by atoms with E-state index in [2.05, 4.69) is 45.7 Å². The summed E-state index contributed by atoms with van der Waals surface area (Å²) in [7, 11) is 1.80. The van der Waals surface area contributed by atoms with Gasteiger partial charge in [0.15, 0.2) is 0 Å². The number of halogens is 2. The van der Waals surface area contributed by atoms with Gasteiger partial charge in [-0.3, -0.25) is 0 Å². The lowest BCUT2D eigenvalue weighted by Crippen LogP contribution is -2.45. The molecule has 1 heterocycles. The Morgan fingerprint density at radius 2 is 1.83 bits per heavy atom. The van der Waals surface area contributed by atoms with Crippen molar-refractivity contribution in [2.45, 2.75) is 99.6 Å². The van der Waals surface area contributed by atoms with Crippen LogP contribution in [0.1, 0.15) is 82.6 Å². The van der Waals surface area contributed by atoms with E-state index in [4.69, 9.17) is 9.47 Å². The lowest BCUT2D eigenvalue weighted by atomic mass is 9.65. The van der Waals surface area contributed by atoms with Crippen LogP contribution in [0, 0.1) is 23.2 Å². The SMILES string of the molecule is COC1(C)C2CC2[C@@]2(C)CC[C@@H](Br)[C@@](C)(O)CC[C@@H](C(C)(C)Br)OC(=O)c3ccc(O)c(c3)C[C@H]12. The predicted octanol–water partition coefficient (Wildman–Crippen LogP) is 6.40. The molecule has 1 aliphatic heterocycles. The molecule has 7 heteroatoms. The minimum atomic E-state index is -0.947. The van der Waals surface area contributed by atoms with Crippen LogP contribution in [0.5, 0.6) is 5.75 Å². The van der Waals surface area contributed by atoms with Gasteiger partial charge in [0.25, 0.3) is 0 Å². The number of carbonyl (C=O) groups is 1. The number of aromatic hydroxyl groups is 1. The maximum Gasteiger partial charge on any atom is 0.338 e. The van der Waals surface area contributed by atoms with Gasteiger partial charge in [-0.1, -0.05) is 38.8 Å². The first-order chi connectivity index (χ1) is 16.1. The highest BCUT2D eigenvalue weighted by Gasteiger charge is 2.71. The summed E-state index contributed by atoms with van der Waals surface area (Å²) in [6.07, 6.45) is 4.15. The summed E-state index contributed by atoms with van der Waals surface area (Å²) in [5, 5.41) is 22.2. The standard InChI is InChI=1S/C28H40Br2O5/c1-25(2,30)23-10-12-27(4,33)22(29)9-11-26(3)18-15-19(18)28(5,34-6)21(26)14-17-13-16(24(32)35-23)7-8-20(17)31/h7-8,13,18-19,21-23,31,33H,9-12,14-15H2,1-6H3/t18?,19?,21-,22+,23-,26+,27-,28?/m0/s1. The lowest BCUT2D eigenvalue weighted by Gasteiger charge is -2.43. The van der Waals surface area contributed by atoms with Crippen LogP contribution in [0.25, 0.3) is 0 Å². The lowest BCUT2D eigenvalue weighted by molar-refractivity contribution is -0.0737. The predicted molar refractivity (Wildman–Crippen MR) is 144 cm³/mol. The molecule has 2 N–H and O–H groups in total. The van der Waals surface area contributed by atoms with Gasteiger partial charge in [-0.05, 0) is 113 Å². The van der Waals surface area contributed by atoms with Crippen molar-refractivity contribution in [2.24, 2.45) is 23.2 Å². The van der Waals surface area contributed by atoms with Crippen molar-refractivity contribution < 1.29 is 24.5 Å². The van der Waals surface area contributed by atoms with Crippen molar-refractivity contribution in [3.05, 3.63) is 29.3 Å². The van der Waals surface area contributed by atoms with Crippen molar-refractivity contribution in [1.82, 2.24) is 0 Å². The van der Waals surface area contributed by atoms with Gasteiger partial charge in [-0.2, -0.15) is 0 Å². The third-order valence-corrected chi connectivity index (χ3v) is 11.5. The van der Waals surface area contributed by atoms with E-state index in [9.17, 15) is 15.0 Å². The van der Waals surface area contributed by atoms with E-state index < -0.39 is 22.0 Å². The molecular weight excluding hydrogens is 576 g/mol. The summed E-state index contributed by atoms with van der Waals surface area (Å²) in [4.78, 5) is 13.1. The Hall–Kier alpha value is -0.630. The summed E-state index contributed by atoms with van der Waals surface area (Å²) in [6, 6.07) is 5.03. The molecule has 0 saturated heterocycles. The molecule has 2 bridgehead atoms. The molecule has 196 valence electrons. The van der Waals surface area contributed by atoms with Crippen LogP contribution in [-0.2, 0) is 15.9 Å². The first-order valence-corrected chi connectivity index (χ1v) is 14.5. The van der Waals surface area contributed by atoms with Crippen LogP contribution >= 0.6 is 31.9 Å². The average Bonchev–Trinajstić information content (AvgIpc) is 3.56. The van der Waals surface area contributed by atoms with E-state index >= 15 is 0 Å². The highest BCUT2D eigenvalue weighted by Crippen LogP contribution is 2.72. The zero-order valence-corrected chi connectivity index (χ0v) is 24.9. The second-order valence-corrected chi connectivity index (χ2v) is 15.5. The van der Waals surface area contributed by atoms with Crippen molar-refractivity contribution in [1.29, 1.82) is 0 Å². The average molecular weight is 616 g/mol. The van der Waals surface area contributed by atoms with Gasteiger partial charge in [0, 0.05) is 11.9 Å². The van der Waals surface area contributed by atoms with E-state index in [1.54, 1.807) is 25.3 Å². The monoisotopic (exact) mass is 614 g/mol. The zero-order valence-electron chi connectivity index (χ0n) is 21.7. The van der Waals surface area contributed by atoms with Crippen molar-refractivity contribution >= 4 is 37.8 Å². The third kappa shape index (κ3) is 4.96. The highest BCUT2D eigenvalue weighted by atomic mass is 79.9. The fourth-order valence-corrected chi connectivity index (χ4v) is 7.76. The number of esters is 1. The number of hydrogen-bond acceptors (Lipinski definition) is 5. The van der Waals surface area contributed by atoms with Gasteiger partial charge >= 0.3 is 5.97 Å². The van der Waals surface area contributed by atoms with Crippen LogP contribution in [0.3, 0.4) is 0 Å². The van der Waals surface area contributed by atoms with Crippen LogP contribution in [0.15, 0.2) is 18.2 Å². The number of benzene rings is 1. The normalized spacial score (nSPS) is 42.3. The number of cyclic esters (lactones) is 1. The summed E-state index contributed by atoms with van der Waals surface area (Å²) in [6.45, 7) is 10.4. The largest absolute Gasteiger partial charge is 0.508 e. The summed E-state index contributed by atoms with van der Waals surface area (Å²) < 4.78 is 11.7. The minimum Gasteiger partial charge on any atom is -0.508 e. The molecule has 3 unspecified atom stereocenters. The Labute approximate surface area is 226 Å². The topological polar surface area (TPSA) is 76.0 Å². The molecule has 0 amide bonds. The second-order valence-electron chi connectivity index (χ2n) is 12.3. The molecule has 0 spiro atoms. The molecule has 2 fully saturated rings. The number of methoxy groups -OCH3 is 1. The summed E-state index contributed by atoms with van der Waals surface area (Å²) in [5.41, 5.74) is -0.0559. The Kier molecular flexibility index (Phi) is 7.27. The van der Waals surface area contributed by atoms with E-state index in [0.29, 0.717) is 36.7 Å². The van der Waals surface area contributed by atoms with Gasteiger partial charge in [0.1, 0.15) is 11.9 Å². The van der Waals surface area contributed by atoms with E-state index in [1.807, 2.05) is 20.8 Å². The molecule has 0 aromatic heterocycles. The molecule has 5 nitrogen and oxygen atoms in total. The Morgan fingerprint density at radius 3 is 2.46 bits per heavy atom. The Bertz CT molecular complexity index is 973. The highest BCUT2D eigenvalue weighted by molar-refractivity contribution is 9.10. The van der Waals surface area contributed by atoms with Gasteiger partial charge in [0.2, 0.25) is 0 Å². The maximum atomic E-state index is 13.2. The summed E-state index contributed by atoms with van der Waals surface area (Å²) in [5.74, 6) is 1.01. The molecule has 1 aromatic rings. The number of phenolic OH excluding ortho intramolecular Hbond substituents is 1. The molecule has 0 radical (unpaired) electrons. The molecular formula is C28H40Br2O5. The smallest absolute Gasteiger partial charge is 0.338 e. The quantitative estimate of drug-likeness (QED) is 0.297. The van der Waals surface area contributed by atoms with Gasteiger partial charge in [-0.15, -0.1) is 0 Å². The van der Waals surface area contributed by atoms with Crippen LogP contribution in [0.4, 0.5) is 0 Å². The number of hydrogen-bond donors (Lipinski definition) is 2. The Balaban J connectivity index is 1.76. The summed E-state index contributed by atoms with van der Waals surface area (Å²) >= 11 is 7.50.